The Hall–Kier alpha value is -2.41. The number of fused-ring (bicyclic) bond motifs is 1. The third kappa shape index (κ3) is 2.04. The lowest BCUT2D eigenvalue weighted by molar-refractivity contribution is -0.384. The van der Waals surface area contributed by atoms with Crippen molar-refractivity contribution in [1.29, 1.82) is 0 Å². The van der Waals surface area contributed by atoms with Crippen molar-refractivity contribution in [2.24, 2.45) is 4.99 Å². The zero-order valence-electron chi connectivity index (χ0n) is 9.52. The van der Waals surface area contributed by atoms with Crippen LogP contribution in [-0.4, -0.2) is 20.9 Å². The Morgan fingerprint density at radius 1 is 1.32 bits per heavy atom. The molecule has 6 nitrogen and oxygen atoms in total. The molecular formula is C12H7N3O3S. The van der Waals surface area contributed by atoms with Gasteiger partial charge < -0.3 is 0 Å². The number of nitro groups is 1. The topological polar surface area (TPSA) is 75.8 Å². The van der Waals surface area contributed by atoms with E-state index < -0.39 is 4.92 Å². The van der Waals surface area contributed by atoms with Crippen molar-refractivity contribution < 1.29 is 9.72 Å². The molecule has 94 valence electrons. The van der Waals surface area contributed by atoms with Gasteiger partial charge in [0.1, 0.15) is 5.70 Å². The van der Waals surface area contributed by atoms with Gasteiger partial charge in [0.05, 0.1) is 4.92 Å². The number of carbonyl (C=O) groups excluding carboxylic acids is 1. The highest BCUT2D eigenvalue weighted by Crippen LogP contribution is 2.30. The summed E-state index contributed by atoms with van der Waals surface area (Å²) in [7, 11) is 0. The van der Waals surface area contributed by atoms with Gasteiger partial charge in [0, 0.05) is 18.3 Å². The first-order valence-corrected chi connectivity index (χ1v) is 6.25. The predicted molar refractivity (Wildman–Crippen MR) is 72.1 cm³/mol. The van der Waals surface area contributed by atoms with Gasteiger partial charge in [-0.1, -0.05) is 11.8 Å². The van der Waals surface area contributed by atoms with Crippen molar-refractivity contribution >= 4 is 34.6 Å². The summed E-state index contributed by atoms with van der Waals surface area (Å²) in [6, 6.07) is 6.01. The quantitative estimate of drug-likeness (QED) is 0.469. The Balaban J connectivity index is 1.91. The van der Waals surface area contributed by atoms with E-state index in [1.54, 1.807) is 29.3 Å². The fourth-order valence-electron chi connectivity index (χ4n) is 1.76. The van der Waals surface area contributed by atoms with Gasteiger partial charge in [-0.25, -0.2) is 0 Å². The third-order valence-corrected chi connectivity index (χ3v) is 3.43. The molecule has 0 saturated carbocycles. The smallest absolute Gasteiger partial charge is 0.290 e. The van der Waals surface area contributed by atoms with E-state index in [2.05, 4.69) is 4.99 Å². The van der Waals surface area contributed by atoms with Crippen LogP contribution in [0.3, 0.4) is 0 Å². The normalized spacial score (nSPS) is 18.9. The Morgan fingerprint density at radius 2 is 2.05 bits per heavy atom. The van der Waals surface area contributed by atoms with Gasteiger partial charge in [-0.2, -0.15) is 4.99 Å². The van der Waals surface area contributed by atoms with Crippen molar-refractivity contribution in [1.82, 2.24) is 4.90 Å². The van der Waals surface area contributed by atoms with Crippen LogP contribution in [0.25, 0.3) is 6.08 Å². The molecule has 1 amide bonds. The number of rotatable bonds is 2. The minimum absolute atomic E-state index is 0.0217. The molecule has 0 N–H and O–H groups in total. The number of amidine groups is 1. The standard InChI is InChI=1S/C12H7N3O3S/c16-11-10(14-5-6-19-12(14)13-11)7-8-1-3-9(4-2-8)15(17)18/h1-7H. The third-order valence-electron chi connectivity index (χ3n) is 2.67. The Bertz CT molecular complexity index is 661. The van der Waals surface area contributed by atoms with Crippen LogP contribution >= 0.6 is 11.8 Å². The van der Waals surface area contributed by atoms with Crippen LogP contribution in [0.5, 0.6) is 0 Å². The molecule has 0 saturated heterocycles. The number of carbonyl (C=O) groups is 1. The highest BCUT2D eigenvalue weighted by Gasteiger charge is 2.30. The van der Waals surface area contributed by atoms with Crippen LogP contribution in [0.1, 0.15) is 5.56 Å². The van der Waals surface area contributed by atoms with Gasteiger partial charge >= 0.3 is 0 Å². The number of hydrogen-bond donors (Lipinski definition) is 0. The zero-order chi connectivity index (χ0) is 13.4. The largest absolute Gasteiger partial charge is 0.296 e. The maximum atomic E-state index is 11.7. The Kier molecular flexibility index (Phi) is 2.68. The van der Waals surface area contributed by atoms with Crippen molar-refractivity contribution in [2.45, 2.75) is 0 Å². The van der Waals surface area contributed by atoms with E-state index >= 15 is 0 Å². The molecule has 0 bridgehead atoms. The molecule has 2 aliphatic heterocycles. The minimum atomic E-state index is -0.460. The van der Waals surface area contributed by atoms with E-state index in [-0.39, 0.29) is 11.6 Å². The summed E-state index contributed by atoms with van der Waals surface area (Å²) in [5.74, 6) is -0.301. The van der Waals surface area contributed by atoms with E-state index in [0.717, 1.165) is 5.56 Å². The average Bonchev–Trinajstić information content (AvgIpc) is 2.94. The highest BCUT2D eigenvalue weighted by atomic mass is 32.2. The number of benzene rings is 1. The fourth-order valence-corrected chi connectivity index (χ4v) is 2.48. The van der Waals surface area contributed by atoms with Crippen LogP contribution in [0.4, 0.5) is 5.69 Å². The molecule has 0 fully saturated rings. The number of non-ortho nitro benzene ring substituents is 1. The second-order valence-corrected chi connectivity index (χ2v) is 4.72. The summed E-state index contributed by atoms with van der Waals surface area (Å²) < 4.78 is 0. The van der Waals surface area contributed by atoms with E-state index in [1.165, 1.54) is 23.9 Å². The molecule has 3 rings (SSSR count). The van der Waals surface area contributed by atoms with Crippen molar-refractivity contribution in [2.75, 3.05) is 0 Å². The van der Waals surface area contributed by atoms with E-state index in [1.807, 2.05) is 5.41 Å². The summed E-state index contributed by atoms with van der Waals surface area (Å²) in [6.45, 7) is 0. The summed E-state index contributed by atoms with van der Waals surface area (Å²) in [5, 5.41) is 13.0. The SMILES string of the molecule is O=C1N=C2SC=CN2C1=Cc1ccc([N+](=O)[O-])cc1. The monoisotopic (exact) mass is 273 g/mol. The second-order valence-electron chi connectivity index (χ2n) is 3.85. The summed E-state index contributed by atoms with van der Waals surface area (Å²) >= 11 is 1.38. The molecular weight excluding hydrogens is 266 g/mol. The van der Waals surface area contributed by atoms with Crippen molar-refractivity contribution in [3.8, 4) is 0 Å². The van der Waals surface area contributed by atoms with Crippen LogP contribution in [-0.2, 0) is 4.79 Å². The first-order chi connectivity index (χ1) is 9.15. The van der Waals surface area contributed by atoms with Gasteiger partial charge in [0.25, 0.3) is 11.6 Å². The van der Waals surface area contributed by atoms with E-state index in [9.17, 15) is 14.9 Å². The highest BCUT2D eigenvalue weighted by molar-refractivity contribution is 8.16. The first-order valence-electron chi connectivity index (χ1n) is 5.37. The van der Waals surface area contributed by atoms with E-state index in [4.69, 9.17) is 0 Å². The number of hydrogen-bond acceptors (Lipinski definition) is 5. The Labute approximate surface area is 112 Å². The second kappa shape index (κ2) is 4.36. The van der Waals surface area contributed by atoms with Gasteiger partial charge in [-0.05, 0) is 29.2 Å². The van der Waals surface area contributed by atoms with Gasteiger partial charge in [0.15, 0.2) is 5.17 Å². The maximum absolute atomic E-state index is 11.7. The van der Waals surface area contributed by atoms with Gasteiger partial charge in [-0.3, -0.25) is 19.8 Å². The molecule has 7 heteroatoms. The van der Waals surface area contributed by atoms with Crippen molar-refractivity contribution in [3.05, 3.63) is 57.2 Å². The van der Waals surface area contributed by atoms with Crippen LogP contribution in [0.15, 0.2) is 46.6 Å². The predicted octanol–water partition coefficient (Wildman–Crippen LogP) is 2.35. The lowest BCUT2D eigenvalue weighted by Gasteiger charge is -2.09. The number of thioether (sulfide) groups is 1. The maximum Gasteiger partial charge on any atom is 0.296 e. The average molecular weight is 273 g/mol. The summed E-state index contributed by atoms with van der Waals surface area (Å²) in [6.07, 6.45) is 3.43. The molecule has 1 aromatic carbocycles. The molecule has 0 atom stereocenters. The van der Waals surface area contributed by atoms with E-state index in [0.29, 0.717) is 10.9 Å². The number of nitro benzene ring substituents is 1. The number of nitrogens with zero attached hydrogens (tertiary/aromatic N) is 3. The van der Waals surface area contributed by atoms with Gasteiger partial charge in [-0.15, -0.1) is 0 Å². The summed E-state index contributed by atoms with van der Waals surface area (Å²) in [4.78, 5) is 27.4. The number of aliphatic imine (C=N–C) groups is 1. The summed E-state index contributed by atoms with van der Waals surface area (Å²) in [5.41, 5.74) is 1.19. The van der Waals surface area contributed by atoms with Crippen molar-refractivity contribution in [3.63, 3.8) is 0 Å². The number of amides is 1. The lowest BCUT2D eigenvalue weighted by atomic mass is 10.1. The van der Waals surface area contributed by atoms with Crippen LogP contribution in [0, 0.1) is 10.1 Å². The van der Waals surface area contributed by atoms with Crippen LogP contribution < -0.4 is 0 Å². The molecule has 2 aliphatic rings. The first kappa shape index (κ1) is 11.7. The molecule has 0 spiro atoms. The lowest BCUT2D eigenvalue weighted by Crippen LogP contribution is -2.14. The molecule has 0 unspecified atom stereocenters. The molecule has 0 aliphatic carbocycles. The fraction of sp³-hybridized carbons (Fsp3) is 0. The molecule has 2 heterocycles. The molecule has 0 aromatic heterocycles. The zero-order valence-corrected chi connectivity index (χ0v) is 10.3. The minimum Gasteiger partial charge on any atom is -0.290 e. The molecule has 0 radical (unpaired) electrons. The Morgan fingerprint density at radius 3 is 2.74 bits per heavy atom. The van der Waals surface area contributed by atoms with Gasteiger partial charge in [0.2, 0.25) is 0 Å². The molecule has 19 heavy (non-hydrogen) atoms. The molecule has 1 aromatic rings. The van der Waals surface area contributed by atoms with Crippen LogP contribution in [0.2, 0.25) is 0 Å².